The van der Waals surface area contributed by atoms with Crippen molar-refractivity contribution < 1.29 is 8.42 Å². The lowest BCUT2D eigenvalue weighted by Crippen LogP contribution is -2.11. The van der Waals surface area contributed by atoms with E-state index in [1.54, 1.807) is 13.0 Å². The van der Waals surface area contributed by atoms with Crippen LogP contribution in [0.1, 0.15) is 5.56 Å². The Morgan fingerprint density at radius 2 is 2.08 bits per heavy atom. The second-order valence-corrected chi connectivity index (χ2v) is 4.17. The standard InChI is InChI=1S/C7H9N3O2S/c1-5-2-3-6(13(9,11)12)4-7(5)10-8/h2-4,8H,1H3,(H2,9,11,12). The molecule has 0 aromatic heterocycles. The third kappa shape index (κ3) is 2.10. The largest absolute Gasteiger partial charge is 0.238 e. The first-order valence-corrected chi connectivity index (χ1v) is 5.00. The fourth-order valence-corrected chi connectivity index (χ4v) is 1.42. The number of nitrogens with two attached hydrogens (primary N) is 1. The van der Waals surface area contributed by atoms with Crippen LogP contribution in [-0.2, 0) is 10.0 Å². The molecule has 3 N–H and O–H groups in total. The van der Waals surface area contributed by atoms with Crippen LogP contribution in [0, 0.1) is 12.5 Å². The maximum Gasteiger partial charge on any atom is 0.238 e. The summed E-state index contributed by atoms with van der Waals surface area (Å²) in [6, 6.07) is 4.23. The summed E-state index contributed by atoms with van der Waals surface area (Å²) in [5.74, 6) is 0. The summed E-state index contributed by atoms with van der Waals surface area (Å²) >= 11 is 0. The monoisotopic (exact) mass is 199 g/mol. The molecule has 70 valence electrons. The minimum Gasteiger partial charge on any atom is -0.225 e. The van der Waals surface area contributed by atoms with Gasteiger partial charge < -0.3 is 0 Å². The Bertz CT molecular complexity index is 439. The van der Waals surface area contributed by atoms with Crippen LogP contribution in [0.4, 0.5) is 5.69 Å². The summed E-state index contributed by atoms with van der Waals surface area (Å²) in [6.07, 6.45) is 0. The van der Waals surface area contributed by atoms with E-state index in [0.29, 0.717) is 5.69 Å². The van der Waals surface area contributed by atoms with Gasteiger partial charge in [-0.1, -0.05) is 6.07 Å². The van der Waals surface area contributed by atoms with Crippen LogP contribution >= 0.6 is 0 Å². The van der Waals surface area contributed by atoms with E-state index >= 15 is 0 Å². The molecule has 6 heteroatoms. The van der Waals surface area contributed by atoms with E-state index in [1.165, 1.54) is 12.1 Å². The van der Waals surface area contributed by atoms with Gasteiger partial charge in [0.15, 0.2) is 0 Å². The number of hydrogen-bond acceptors (Lipinski definition) is 4. The summed E-state index contributed by atoms with van der Waals surface area (Å²) in [6.45, 7) is 1.74. The normalized spacial score (nSPS) is 11.2. The third-order valence-corrected chi connectivity index (χ3v) is 2.54. The summed E-state index contributed by atoms with van der Waals surface area (Å²) in [4.78, 5) is -0.0240. The minimum absolute atomic E-state index is 0.0240. The number of hydrogen-bond donors (Lipinski definition) is 2. The van der Waals surface area contributed by atoms with E-state index in [0.717, 1.165) is 5.56 Å². The number of primary sulfonamides is 1. The quantitative estimate of drug-likeness (QED) is 0.702. The smallest absolute Gasteiger partial charge is 0.225 e. The molecule has 0 radical (unpaired) electrons. The van der Waals surface area contributed by atoms with Crippen molar-refractivity contribution in [3.05, 3.63) is 23.8 Å². The highest BCUT2D eigenvalue weighted by atomic mass is 32.2. The van der Waals surface area contributed by atoms with Crippen LogP contribution in [-0.4, -0.2) is 8.42 Å². The second kappa shape index (κ2) is 3.23. The van der Waals surface area contributed by atoms with E-state index in [1.807, 2.05) is 0 Å². The number of sulfonamides is 1. The van der Waals surface area contributed by atoms with Crippen molar-refractivity contribution in [2.75, 3.05) is 0 Å². The van der Waals surface area contributed by atoms with Crippen LogP contribution in [0.3, 0.4) is 0 Å². The van der Waals surface area contributed by atoms with Gasteiger partial charge in [0, 0.05) is 0 Å². The van der Waals surface area contributed by atoms with E-state index < -0.39 is 10.0 Å². The molecule has 0 heterocycles. The Labute approximate surface area is 76.1 Å². The zero-order chi connectivity index (χ0) is 10.1. The van der Waals surface area contributed by atoms with Crippen molar-refractivity contribution in [1.29, 1.82) is 5.53 Å². The Kier molecular flexibility index (Phi) is 2.44. The van der Waals surface area contributed by atoms with Crippen LogP contribution < -0.4 is 5.14 Å². The first-order valence-electron chi connectivity index (χ1n) is 3.46. The summed E-state index contributed by atoms with van der Waals surface area (Å²) < 4.78 is 21.8. The molecule has 0 atom stereocenters. The lowest BCUT2D eigenvalue weighted by molar-refractivity contribution is 0.598. The van der Waals surface area contributed by atoms with Gasteiger partial charge in [-0.2, -0.15) is 5.11 Å². The lowest BCUT2D eigenvalue weighted by Gasteiger charge is -2.01. The first-order chi connectivity index (χ1) is 5.95. The molecule has 0 bridgehead atoms. The summed E-state index contributed by atoms with van der Waals surface area (Å²) in [7, 11) is -3.70. The molecule has 1 aromatic rings. The number of aryl methyl sites for hydroxylation is 1. The Morgan fingerprint density at radius 1 is 1.46 bits per heavy atom. The summed E-state index contributed by atoms with van der Waals surface area (Å²) in [5, 5.41) is 8.07. The van der Waals surface area contributed by atoms with Crippen molar-refractivity contribution >= 4 is 15.7 Å². The van der Waals surface area contributed by atoms with Gasteiger partial charge in [0.25, 0.3) is 0 Å². The summed E-state index contributed by atoms with van der Waals surface area (Å²) in [5.41, 5.74) is 7.83. The fraction of sp³-hybridized carbons (Fsp3) is 0.143. The average molecular weight is 199 g/mol. The molecule has 0 unspecified atom stereocenters. The molecule has 0 saturated carbocycles. The Morgan fingerprint density at radius 3 is 2.54 bits per heavy atom. The average Bonchev–Trinajstić information content (AvgIpc) is 2.03. The molecule has 0 saturated heterocycles. The van der Waals surface area contributed by atoms with E-state index in [4.69, 9.17) is 10.7 Å². The van der Waals surface area contributed by atoms with Gasteiger partial charge in [-0.15, -0.1) is 0 Å². The zero-order valence-corrected chi connectivity index (χ0v) is 7.80. The van der Waals surface area contributed by atoms with Crippen LogP contribution in [0.25, 0.3) is 0 Å². The molecule has 1 rings (SSSR count). The maximum atomic E-state index is 10.9. The predicted octanol–water partition coefficient (Wildman–Crippen LogP) is 1.30. The van der Waals surface area contributed by atoms with Crippen LogP contribution in [0.2, 0.25) is 0 Å². The number of benzene rings is 1. The van der Waals surface area contributed by atoms with Crippen molar-refractivity contribution in [3.8, 4) is 0 Å². The van der Waals surface area contributed by atoms with Gasteiger partial charge in [-0.05, 0) is 24.6 Å². The molecule has 0 amide bonds. The van der Waals surface area contributed by atoms with Gasteiger partial charge in [-0.25, -0.2) is 19.1 Å². The zero-order valence-electron chi connectivity index (χ0n) is 6.98. The fourth-order valence-electron chi connectivity index (χ4n) is 0.887. The molecule has 5 nitrogen and oxygen atoms in total. The molecule has 1 aromatic carbocycles. The number of nitrogens with zero attached hydrogens (tertiary/aromatic N) is 1. The van der Waals surface area contributed by atoms with Gasteiger partial charge in [-0.3, -0.25) is 0 Å². The number of rotatable bonds is 2. The van der Waals surface area contributed by atoms with E-state index in [2.05, 4.69) is 5.11 Å². The van der Waals surface area contributed by atoms with E-state index in [9.17, 15) is 8.42 Å². The van der Waals surface area contributed by atoms with E-state index in [-0.39, 0.29) is 4.90 Å². The van der Waals surface area contributed by atoms with Gasteiger partial charge >= 0.3 is 0 Å². The first kappa shape index (κ1) is 9.82. The van der Waals surface area contributed by atoms with Gasteiger partial charge in [0.05, 0.1) is 10.6 Å². The SMILES string of the molecule is Cc1ccc(S(N)(=O)=O)cc1N=N. The predicted molar refractivity (Wildman–Crippen MR) is 47.4 cm³/mol. The minimum atomic E-state index is -3.70. The molecule has 0 spiro atoms. The molecular formula is C7H9N3O2S. The molecular weight excluding hydrogens is 190 g/mol. The van der Waals surface area contributed by atoms with Crippen molar-refractivity contribution in [1.82, 2.24) is 0 Å². The molecule has 13 heavy (non-hydrogen) atoms. The van der Waals surface area contributed by atoms with Crippen molar-refractivity contribution in [2.24, 2.45) is 10.3 Å². The molecule has 0 fully saturated rings. The highest BCUT2D eigenvalue weighted by Gasteiger charge is 2.09. The Balaban J connectivity index is 3.38. The Hall–Kier alpha value is -1.27. The second-order valence-electron chi connectivity index (χ2n) is 2.61. The highest BCUT2D eigenvalue weighted by molar-refractivity contribution is 7.89. The number of nitrogens with one attached hydrogen (secondary N) is 1. The highest BCUT2D eigenvalue weighted by Crippen LogP contribution is 2.21. The van der Waals surface area contributed by atoms with Crippen molar-refractivity contribution in [3.63, 3.8) is 0 Å². The molecule has 0 aliphatic rings. The van der Waals surface area contributed by atoms with Crippen molar-refractivity contribution in [2.45, 2.75) is 11.8 Å². The van der Waals surface area contributed by atoms with Crippen LogP contribution in [0.5, 0.6) is 0 Å². The van der Waals surface area contributed by atoms with Gasteiger partial charge in [0.1, 0.15) is 0 Å². The molecule has 0 aliphatic carbocycles. The third-order valence-electron chi connectivity index (χ3n) is 1.63. The topological polar surface area (TPSA) is 96.4 Å². The maximum absolute atomic E-state index is 10.9. The molecule has 0 aliphatic heterocycles. The lowest BCUT2D eigenvalue weighted by atomic mass is 10.2. The van der Waals surface area contributed by atoms with Crippen LogP contribution in [0.15, 0.2) is 28.2 Å². The van der Waals surface area contributed by atoms with Gasteiger partial charge in [0.2, 0.25) is 10.0 Å².